The maximum Gasteiger partial charge on any atom is 0.253 e. The highest BCUT2D eigenvalue weighted by Crippen LogP contribution is 2.19. The Kier molecular flexibility index (Phi) is 4.39. The van der Waals surface area contributed by atoms with Gasteiger partial charge in [0.25, 0.3) is 5.91 Å². The van der Waals surface area contributed by atoms with E-state index in [1.807, 2.05) is 60.7 Å². The van der Waals surface area contributed by atoms with Crippen LogP contribution in [0.5, 0.6) is 0 Å². The van der Waals surface area contributed by atoms with Crippen molar-refractivity contribution < 1.29 is 9.42 Å². The van der Waals surface area contributed by atoms with Gasteiger partial charge in [-0.25, -0.2) is 9.31 Å². The number of benzene rings is 1. The van der Waals surface area contributed by atoms with Gasteiger partial charge >= 0.3 is 0 Å². The Bertz CT molecular complexity index is 951. The number of anilines is 1. The Balaban J connectivity index is 1.43. The van der Waals surface area contributed by atoms with Crippen LogP contribution in [0.3, 0.4) is 0 Å². The van der Waals surface area contributed by atoms with Gasteiger partial charge in [0, 0.05) is 37.4 Å². The molecule has 1 amide bonds. The third-order valence-corrected chi connectivity index (χ3v) is 4.86. The highest BCUT2D eigenvalue weighted by Gasteiger charge is 2.25. The summed E-state index contributed by atoms with van der Waals surface area (Å²) in [6.45, 7) is 8.57. The highest BCUT2D eigenvalue weighted by atomic mass is 16.6. The number of amides is 1. The van der Waals surface area contributed by atoms with E-state index >= 15 is 0 Å². The molecule has 1 aromatic carbocycles. The molecule has 3 aromatic rings. The summed E-state index contributed by atoms with van der Waals surface area (Å²) in [7, 11) is 0. The summed E-state index contributed by atoms with van der Waals surface area (Å²) in [5.74, 6) is 0.806. The molecule has 0 unspecified atom stereocenters. The minimum Gasteiger partial charge on any atom is -0.349 e. The number of aryl methyl sites for hydroxylation is 3. The number of piperazine rings is 1. The van der Waals surface area contributed by atoms with Gasteiger partial charge in [0.2, 0.25) is 0 Å². The van der Waals surface area contributed by atoms with Crippen LogP contribution in [0, 0.1) is 20.8 Å². The summed E-state index contributed by atoms with van der Waals surface area (Å²) in [6.07, 6.45) is 0. The van der Waals surface area contributed by atoms with E-state index in [0.717, 1.165) is 28.6 Å². The lowest BCUT2D eigenvalue weighted by atomic mass is 10.1. The highest BCUT2D eigenvalue weighted by molar-refractivity contribution is 5.94. The smallest absolute Gasteiger partial charge is 0.253 e. The fraction of sp³-hybridized carbons (Fsp3) is 0.368. The molecule has 2 aromatic heterocycles. The molecule has 1 fully saturated rings. The number of carbonyl (C=O) groups is 1. The van der Waals surface area contributed by atoms with Crippen molar-refractivity contribution in [2.24, 2.45) is 0 Å². The molecule has 140 valence electrons. The van der Waals surface area contributed by atoms with Crippen molar-refractivity contribution >= 4 is 11.7 Å². The van der Waals surface area contributed by atoms with E-state index in [0.29, 0.717) is 31.7 Å². The molecule has 27 heavy (non-hydrogen) atoms. The van der Waals surface area contributed by atoms with E-state index in [2.05, 4.69) is 20.3 Å². The van der Waals surface area contributed by atoms with Crippen molar-refractivity contribution in [3.63, 3.8) is 0 Å². The second-order valence-corrected chi connectivity index (χ2v) is 6.84. The second-order valence-electron chi connectivity index (χ2n) is 6.84. The van der Waals surface area contributed by atoms with Crippen molar-refractivity contribution in [3.8, 4) is 5.69 Å². The topological polar surface area (TPSA) is 80.3 Å². The summed E-state index contributed by atoms with van der Waals surface area (Å²) in [6, 6.07) is 9.64. The van der Waals surface area contributed by atoms with Gasteiger partial charge in [-0.1, -0.05) is 5.16 Å². The molecular weight excluding hydrogens is 344 g/mol. The van der Waals surface area contributed by atoms with Crippen molar-refractivity contribution in [2.75, 3.05) is 31.1 Å². The monoisotopic (exact) mass is 366 g/mol. The molecule has 0 saturated carbocycles. The third-order valence-electron chi connectivity index (χ3n) is 4.86. The summed E-state index contributed by atoms with van der Waals surface area (Å²) in [5, 5.41) is 12.2. The van der Waals surface area contributed by atoms with E-state index in [4.69, 9.17) is 4.63 Å². The third kappa shape index (κ3) is 3.30. The van der Waals surface area contributed by atoms with Gasteiger partial charge < -0.3 is 9.80 Å². The van der Waals surface area contributed by atoms with Crippen LogP contribution in [0.2, 0.25) is 0 Å². The Labute approximate surface area is 157 Å². The van der Waals surface area contributed by atoms with E-state index in [1.165, 1.54) is 0 Å². The Hall–Kier alpha value is -3.16. The molecule has 3 heterocycles. The molecule has 0 bridgehead atoms. The van der Waals surface area contributed by atoms with Gasteiger partial charge in [0.15, 0.2) is 5.82 Å². The fourth-order valence-corrected chi connectivity index (χ4v) is 3.45. The summed E-state index contributed by atoms with van der Waals surface area (Å²) < 4.78 is 6.66. The molecule has 1 aliphatic rings. The van der Waals surface area contributed by atoms with Crippen LogP contribution in [-0.2, 0) is 0 Å². The van der Waals surface area contributed by atoms with Crippen LogP contribution in [0.4, 0.5) is 5.82 Å². The minimum absolute atomic E-state index is 0.0459. The zero-order valence-electron chi connectivity index (χ0n) is 15.7. The molecule has 8 nitrogen and oxygen atoms in total. The Morgan fingerprint density at radius 3 is 2.26 bits per heavy atom. The summed E-state index contributed by atoms with van der Waals surface area (Å²) in [5.41, 5.74) is 4.46. The molecule has 1 saturated heterocycles. The first kappa shape index (κ1) is 17.3. The molecule has 0 spiro atoms. The zero-order chi connectivity index (χ0) is 19.0. The van der Waals surface area contributed by atoms with E-state index in [1.54, 1.807) is 0 Å². The fourth-order valence-electron chi connectivity index (χ4n) is 3.45. The van der Waals surface area contributed by atoms with Crippen LogP contribution in [0.15, 0.2) is 35.0 Å². The molecule has 4 rings (SSSR count). The molecule has 0 atom stereocenters. The number of hydrogen-bond donors (Lipinski definition) is 0. The minimum atomic E-state index is 0.0459. The molecular formula is C19H22N6O2. The number of carbonyl (C=O) groups excluding carboxylic acids is 1. The van der Waals surface area contributed by atoms with Crippen molar-refractivity contribution in [1.29, 1.82) is 0 Å². The van der Waals surface area contributed by atoms with Crippen molar-refractivity contribution in [3.05, 3.63) is 53.0 Å². The van der Waals surface area contributed by atoms with Gasteiger partial charge in [0.05, 0.1) is 11.4 Å². The Morgan fingerprint density at radius 1 is 1.00 bits per heavy atom. The lowest BCUT2D eigenvalue weighted by Crippen LogP contribution is -2.49. The van der Waals surface area contributed by atoms with Crippen LogP contribution < -0.4 is 4.90 Å². The van der Waals surface area contributed by atoms with Crippen molar-refractivity contribution in [1.82, 2.24) is 25.0 Å². The van der Waals surface area contributed by atoms with Crippen molar-refractivity contribution in [2.45, 2.75) is 20.8 Å². The van der Waals surface area contributed by atoms with Gasteiger partial charge in [-0.3, -0.25) is 4.79 Å². The second kappa shape index (κ2) is 6.86. The van der Waals surface area contributed by atoms with Crippen LogP contribution in [-0.4, -0.2) is 57.1 Å². The predicted molar refractivity (Wildman–Crippen MR) is 100 cm³/mol. The maximum atomic E-state index is 12.8. The predicted octanol–water partition coefficient (Wildman–Crippen LogP) is 2.14. The molecule has 0 radical (unpaired) electrons. The first-order chi connectivity index (χ1) is 13.0. The summed E-state index contributed by atoms with van der Waals surface area (Å²) >= 11 is 0. The molecule has 8 heteroatoms. The SMILES string of the molecule is Cc1cc(C)n(-c2ccc(C(=O)N3CCN(c4nonc4C)CC3)cc2)n1. The first-order valence-corrected chi connectivity index (χ1v) is 9.00. The number of aromatic nitrogens is 4. The van der Waals surface area contributed by atoms with Gasteiger partial charge in [-0.05, 0) is 56.3 Å². The van der Waals surface area contributed by atoms with E-state index in [-0.39, 0.29) is 5.91 Å². The average Bonchev–Trinajstić information content (AvgIpc) is 3.26. The van der Waals surface area contributed by atoms with Gasteiger partial charge in [0.1, 0.15) is 5.69 Å². The molecule has 0 aliphatic carbocycles. The largest absolute Gasteiger partial charge is 0.349 e. The maximum absolute atomic E-state index is 12.8. The number of nitrogens with zero attached hydrogens (tertiary/aromatic N) is 6. The van der Waals surface area contributed by atoms with Crippen LogP contribution >= 0.6 is 0 Å². The standard InChI is InChI=1S/C19H22N6O2/c1-13-12-14(2)25(20-13)17-6-4-16(5-7-17)19(26)24-10-8-23(9-11-24)18-15(3)21-27-22-18/h4-7,12H,8-11H2,1-3H3. The number of rotatable bonds is 3. The van der Waals surface area contributed by atoms with Crippen LogP contribution in [0.1, 0.15) is 27.4 Å². The molecule has 1 aliphatic heterocycles. The van der Waals surface area contributed by atoms with Gasteiger partial charge in [-0.2, -0.15) is 5.10 Å². The lowest BCUT2D eigenvalue weighted by molar-refractivity contribution is 0.0746. The van der Waals surface area contributed by atoms with E-state index < -0.39 is 0 Å². The Morgan fingerprint density at radius 2 is 1.70 bits per heavy atom. The van der Waals surface area contributed by atoms with Gasteiger partial charge in [-0.15, -0.1) is 0 Å². The average molecular weight is 366 g/mol. The van der Waals surface area contributed by atoms with Crippen LogP contribution in [0.25, 0.3) is 5.69 Å². The normalized spacial score (nSPS) is 14.6. The zero-order valence-corrected chi connectivity index (χ0v) is 15.7. The summed E-state index contributed by atoms with van der Waals surface area (Å²) in [4.78, 5) is 16.8. The lowest BCUT2D eigenvalue weighted by Gasteiger charge is -2.34. The molecule has 0 N–H and O–H groups in total. The van der Waals surface area contributed by atoms with E-state index in [9.17, 15) is 4.79 Å². The first-order valence-electron chi connectivity index (χ1n) is 9.00. The number of hydrogen-bond acceptors (Lipinski definition) is 6. The quantitative estimate of drug-likeness (QED) is 0.707.